The van der Waals surface area contributed by atoms with Crippen LogP contribution in [0, 0.1) is 28.1 Å². The van der Waals surface area contributed by atoms with E-state index >= 15 is 0 Å². The molecular formula is C30H36O9. The van der Waals surface area contributed by atoms with Crippen LogP contribution in [-0.2, 0) is 33.4 Å². The lowest BCUT2D eigenvalue weighted by atomic mass is 9.39. The van der Waals surface area contributed by atoms with Crippen molar-refractivity contribution < 1.29 is 42.9 Å². The number of aliphatic hydroxyl groups excluding tert-OH is 1. The van der Waals surface area contributed by atoms with E-state index in [2.05, 4.69) is 0 Å². The van der Waals surface area contributed by atoms with Crippen LogP contribution in [0.25, 0.3) is 0 Å². The van der Waals surface area contributed by atoms with Gasteiger partial charge in [0, 0.05) is 49.9 Å². The summed E-state index contributed by atoms with van der Waals surface area (Å²) in [6, 6.07) is 1.85. The molecule has 6 rings (SSSR count). The van der Waals surface area contributed by atoms with Gasteiger partial charge in [-0.25, -0.2) is 0 Å². The lowest BCUT2D eigenvalue weighted by Gasteiger charge is -2.64. The van der Waals surface area contributed by atoms with Crippen LogP contribution in [0.15, 0.2) is 34.7 Å². The molecule has 5 aliphatic rings. The topological polar surface area (TPSA) is 129 Å². The van der Waals surface area contributed by atoms with E-state index < -0.39 is 70.0 Å². The Bertz CT molecular complexity index is 1290. The molecule has 1 spiro atoms. The zero-order valence-electron chi connectivity index (χ0n) is 23.2. The van der Waals surface area contributed by atoms with Crippen LogP contribution in [0.2, 0.25) is 0 Å². The summed E-state index contributed by atoms with van der Waals surface area (Å²) in [5.41, 5.74) is -2.66. The van der Waals surface area contributed by atoms with Crippen molar-refractivity contribution in [3.05, 3.63) is 35.8 Å². The maximum absolute atomic E-state index is 14.5. The van der Waals surface area contributed by atoms with Crippen LogP contribution in [0.5, 0.6) is 0 Å². The molecular weight excluding hydrogens is 504 g/mol. The molecule has 0 amide bonds. The predicted octanol–water partition coefficient (Wildman–Crippen LogP) is 3.29. The summed E-state index contributed by atoms with van der Waals surface area (Å²) in [6.45, 7) is 10.1. The maximum Gasteiger partial charge on any atom is 0.303 e. The minimum Gasteiger partial charge on any atom is -0.472 e. The van der Waals surface area contributed by atoms with Gasteiger partial charge < -0.3 is 23.7 Å². The largest absolute Gasteiger partial charge is 0.472 e. The van der Waals surface area contributed by atoms with Gasteiger partial charge in [0.25, 0.3) is 0 Å². The Morgan fingerprint density at radius 2 is 1.77 bits per heavy atom. The molecule has 1 aromatic rings. The van der Waals surface area contributed by atoms with E-state index in [-0.39, 0.29) is 30.3 Å². The van der Waals surface area contributed by atoms with Crippen molar-refractivity contribution in [2.75, 3.05) is 0 Å². The van der Waals surface area contributed by atoms with Gasteiger partial charge in [0.05, 0.1) is 35.1 Å². The Balaban J connectivity index is 1.65. The van der Waals surface area contributed by atoms with Crippen LogP contribution in [0.4, 0.5) is 0 Å². The Kier molecular flexibility index (Phi) is 5.51. The number of hydrogen-bond acceptors (Lipinski definition) is 9. The summed E-state index contributed by atoms with van der Waals surface area (Å²) in [7, 11) is 0. The van der Waals surface area contributed by atoms with Crippen molar-refractivity contribution in [1.29, 1.82) is 0 Å². The normalized spacial score (nSPS) is 45.6. The average Bonchev–Trinajstić information content (AvgIpc) is 3.57. The Morgan fingerprint density at radius 1 is 1.08 bits per heavy atom. The monoisotopic (exact) mass is 540 g/mol. The Morgan fingerprint density at radius 3 is 2.38 bits per heavy atom. The van der Waals surface area contributed by atoms with Gasteiger partial charge in [0.15, 0.2) is 5.78 Å². The minimum atomic E-state index is -1.31. The molecule has 1 N–H and O–H groups in total. The molecule has 3 saturated carbocycles. The summed E-state index contributed by atoms with van der Waals surface area (Å²) >= 11 is 0. The van der Waals surface area contributed by atoms with Gasteiger partial charge in [0.1, 0.15) is 24.1 Å². The highest BCUT2D eigenvalue weighted by atomic mass is 16.6. The third kappa shape index (κ3) is 3.09. The minimum absolute atomic E-state index is 0.0709. The second-order valence-electron chi connectivity index (χ2n) is 13.0. The van der Waals surface area contributed by atoms with Crippen molar-refractivity contribution in [3.63, 3.8) is 0 Å². The number of carbonyl (C=O) groups is 4. The number of furan rings is 1. The number of esters is 2. The van der Waals surface area contributed by atoms with E-state index in [4.69, 9.17) is 18.6 Å². The Labute approximate surface area is 227 Å². The lowest BCUT2D eigenvalue weighted by Crippen LogP contribution is -2.72. The number of ketones is 2. The molecule has 210 valence electrons. The zero-order chi connectivity index (χ0) is 28.3. The highest BCUT2D eigenvalue weighted by molar-refractivity contribution is 5.99. The summed E-state index contributed by atoms with van der Waals surface area (Å²) in [6.07, 6.45) is 1.91. The summed E-state index contributed by atoms with van der Waals surface area (Å²) < 4.78 is 24.0. The number of carbonyl (C=O) groups excluding carboxylic acids is 4. The van der Waals surface area contributed by atoms with Crippen LogP contribution < -0.4 is 0 Å². The fraction of sp³-hybridized carbons (Fsp3) is 0.667. The Hall–Kier alpha value is -2.78. The van der Waals surface area contributed by atoms with Crippen molar-refractivity contribution in [2.45, 2.75) is 96.7 Å². The van der Waals surface area contributed by atoms with E-state index in [1.165, 1.54) is 13.8 Å². The molecule has 4 aliphatic carbocycles. The number of rotatable bonds is 3. The average molecular weight is 541 g/mol. The summed E-state index contributed by atoms with van der Waals surface area (Å²) in [5, 5.41) is 10.9. The number of aliphatic hydroxyl groups is 1. The molecule has 1 aliphatic heterocycles. The van der Waals surface area contributed by atoms with Gasteiger partial charge in [-0.1, -0.05) is 18.6 Å². The standard InChI is InChI=1S/C30H36O9/c1-14(31)37-23-24-29(6,21(34)12-20-27(3,4)39-22-11-18(33)25(35)30(20,22)24)19-8-7-17(16-9-10-36-13-16)28(19,5)26(23)38-15(2)32/h8-10,13,17-18,20,22-24,26,33H,7,11-12H2,1-6H3/t17-,18-,20-,22-,23+,24-,26-,28-,29+,30-/m0/s1. The maximum atomic E-state index is 14.5. The first-order valence-electron chi connectivity index (χ1n) is 13.7. The lowest BCUT2D eigenvalue weighted by molar-refractivity contribution is -0.220. The van der Waals surface area contributed by atoms with Crippen molar-refractivity contribution in [3.8, 4) is 0 Å². The summed E-state index contributed by atoms with van der Waals surface area (Å²) in [5.74, 6) is -3.31. The van der Waals surface area contributed by atoms with E-state index in [0.29, 0.717) is 6.42 Å². The van der Waals surface area contributed by atoms with E-state index in [1.807, 2.05) is 39.8 Å². The van der Waals surface area contributed by atoms with Crippen LogP contribution >= 0.6 is 0 Å². The van der Waals surface area contributed by atoms with Gasteiger partial charge in [-0.15, -0.1) is 0 Å². The molecule has 0 unspecified atom stereocenters. The number of Topliss-reactive ketones (excluding diaryl/α,β-unsaturated/α-hetero) is 2. The van der Waals surface area contributed by atoms with Gasteiger partial charge in [0.2, 0.25) is 0 Å². The second-order valence-corrected chi connectivity index (χ2v) is 13.0. The molecule has 39 heavy (non-hydrogen) atoms. The SMILES string of the molecule is CC(=O)O[C@H]1[C@H](OC(C)=O)[C@]2(C)C(=CC[C@H]2c2ccoc2)[C@]2(C)C(=O)C[C@H]3C(C)(C)O[C@H]4C[C@H](O)C(=O)[C@]43[C@@H]12. The molecule has 0 bridgehead atoms. The van der Waals surface area contributed by atoms with Crippen LogP contribution in [0.3, 0.4) is 0 Å². The number of allylic oxidation sites excluding steroid dienone is 1. The van der Waals surface area contributed by atoms with Crippen molar-refractivity contribution in [2.24, 2.45) is 28.1 Å². The molecule has 9 heteroatoms. The highest BCUT2D eigenvalue weighted by Crippen LogP contribution is 2.75. The number of fused-ring (bicyclic) bond motifs is 3. The number of hydrogen-bond donors (Lipinski definition) is 1. The summed E-state index contributed by atoms with van der Waals surface area (Å²) in [4.78, 5) is 54.0. The highest BCUT2D eigenvalue weighted by Gasteiger charge is 2.82. The first-order valence-corrected chi connectivity index (χ1v) is 13.7. The smallest absolute Gasteiger partial charge is 0.303 e. The van der Waals surface area contributed by atoms with E-state index in [1.54, 1.807) is 12.5 Å². The molecule has 2 heterocycles. The van der Waals surface area contributed by atoms with E-state index in [0.717, 1.165) is 11.1 Å². The third-order valence-corrected chi connectivity index (χ3v) is 10.8. The third-order valence-electron chi connectivity index (χ3n) is 10.8. The zero-order valence-corrected chi connectivity index (χ0v) is 23.2. The second kappa shape index (κ2) is 8.13. The predicted molar refractivity (Wildman–Crippen MR) is 135 cm³/mol. The van der Waals surface area contributed by atoms with Gasteiger partial charge >= 0.3 is 11.9 Å². The number of ether oxygens (including phenoxy) is 3. The molecule has 0 aromatic carbocycles. The molecule has 9 nitrogen and oxygen atoms in total. The van der Waals surface area contributed by atoms with Gasteiger partial charge in [-0.2, -0.15) is 0 Å². The van der Waals surface area contributed by atoms with Crippen molar-refractivity contribution in [1.82, 2.24) is 0 Å². The molecule has 1 saturated heterocycles. The van der Waals surface area contributed by atoms with Gasteiger partial charge in [-0.3, -0.25) is 19.2 Å². The first-order chi connectivity index (χ1) is 18.2. The van der Waals surface area contributed by atoms with E-state index in [9.17, 15) is 24.3 Å². The molecule has 1 aromatic heterocycles. The fourth-order valence-corrected chi connectivity index (χ4v) is 9.64. The fourth-order valence-electron chi connectivity index (χ4n) is 9.64. The molecule has 0 radical (unpaired) electrons. The van der Waals surface area contributed by atoms with Crippen LogP contribution in [0.1, 0.15) is 72.3 Å². The van der Waals surface area contributed by atoms with Crippen LogP contribution in [-0.4, -0.2) is 58.6 Å². The molecule has 4 fully saturated rings. The van der Waals surface area contributed by atoms with Gasteiger partial charge in [-0.05, 0) is 38.8 Å². The quantitative estimate of drug-likeness (QED) is 0.453. The first kappa shape index (κ1) is 26.4. The van der Waals surface area contributed by atoms with Crippen molar-refractivity contribution >= 4 is 23.5 Å². The molecule has 10 atom stereocenters.